The summed E-state index contributed by atoms with van der Waals surface area (Å²) in [6.07, 6.45) is 2.39. The SMILES string of the molecule is CCc1ccc([C@@H](NC(=O)c2ccn(C)c(=O)c2)C(C)(C)C)o1. The molecule has 5 heteroatoms. The summed E-state index contributed by atoms with van der Waals surface area (Å²) in [6, 6.07) is 6.53. The molecule has 23 heavy (non-hydrogen) atoms. The van der Waals surface area contributed by atoms with Gasteiger partial charge in [0.1, 0.15) is 11.5 Å². The predicted molar refractivity (Wildman–Crippen MR) is 89.4 cm³/mol. The van der Waals surface area contributed by atoms with Crippen molar-refractivity contribution < 1.29 is 9.21 Å². The molecular formula is C18H24N2O3. The summed E-state index contributed by atoms with van der Waals surface area (Å²) in [5.74, 6) is 1.33. The molecule has 5 nitrogen and oxygen atoms in total. The molecule has 1 amide bonds. The summed E-state index contributed by atoms with van der Waals surface area (Å²) in [5, 5.41) is 2.99. The van der Waals surface area contributed by atoms with Crippen LogP contribution < -0.4 is 10.9 Å². The molecule has 1 atom stereocenters. The van der Waals surface area contributed by atoms with Gasteiger partial charge in [0, 0.05) is 31.3 Å². The highest BCUT2D eigenvalue weighted by Crippen LogP contribution is 2.34. The molecule has 1 N–H and O–H groups in total. The Morgan fingerprint density at radius 2 is 2.00 bits per heavy atom. The first-order valence-electron chi connectivity index (χ1n) is 7.78. The number of nitrogens with one attached hydrogen (secondary N) is 1. The van der Waals surface area contributed by atoms with Gasteiger partial charge in [0.15, 0.2) is 0 Å². The largest absolute Gasteiger partial charge is 0.464 e. The fraction of sp³-hybridized carbons (Fsp3) is 0.444. The lowest BCUT2D eigenvalue weighted by Crippen LogP contribution is -2.37. The van der Waals surface area contributed by atoms with Gasteiger partial charge in [0.05, 0.1) is 6.04 Å². The Balaban J connectivity index is 2.29. The Kier molecular flexibility index (Phi) is 4.78. The van der Waals surface area contributed by atoms with Crippen LogP contribution in [0.2, 0.25) is 0 Å². The first-order valence-corrected chi connectivity index (χ1v) is 7.78. The first-order chi connectivity index (χ1) is 10.7. The first kappa shape index (κ1) is 17.1. The Bertz CT molecular complexity index is 750. The normalized spacial score (nSPS) is 12.9. The van der Waals surface area contributed by atoms with Crippen molar-refractivity contribution in [3.05, 3.63) is 57.9 Å². The summed E-state index contributed by atoms with van der Waals surface area (Å²) < 4.78 is 7.25. The van der Waals surface area contributed by atoms with E-state index in [4.69, 9.17) is 4.42 Å². The molecule has 0 aliphatic rings. The van der Waals surface area contributed by atoms with E-state index in [0.29, 0.717) is 5.56 Å². The number of aryl methyl sites for hydroxylation is 2. The highest BCUT2D eigenvalue weighted by Gasteiger charge is 2.30. The van der Waals surface area contributed by atoms with Gasteiger partial charge in [-0.25, -0.2) is 0 Å². The number of pyridine rings is 1. The zero-order chi connectivity index (χ0) is 17.2. The second-order valence-electron chi connectivity index (χ2n) is 6.79. The zero-order valence-electron chi connectivity index (χ0n) is 14.3. The van der Waals surface area contributed by atoms with E-state index < -0.39 is 0 Å². The van der Waals surface area contributed by atoms with Gasteiger partial charge in [-0.15, -0.1) is 0 Å². The van der Waals surface area contributed by atoms with E-state index in [1.165, 1.54) is 10.6 Å². The van der Waals surface area contributed by atoms with Crippen LogP contribution in [0.5, 0.6) is 0 Å². The van der Waals surface area contributed by atoms with Crippen LogP contribution >= 0.6 is 0 Å². The number of amides is 1. The van der Waals surface area contributed by atoms with Crippen molar-refractivity contribution in [1.29, 1.82) is 0 Å². The molecule has 2 heterocycles. The highest BCUT2D eigenvalue weighted by molar-refractivity contribution is 5.94. The fourth-order valence-corrected chi connectivity index (χ4v) is 2.36. The smallest absolute Gasteiger partial charge is 0.252 e. The van der Waals surface area contributed by atoms with Crippen molar-refractivity contribution in [3.63, 3.8) is 0 Å². The van der Waals surface area contributed by atoms with Crippen molar-refractivity contribution in [2.75, 3.05) is 0 Å². The lowest BCUT2D eigenvalue weighted by Gasteiger charge is -2.30. The van der Waals surface area contributed by atoms with Crippen LogP contribution in [0.3, 0.4) is 0 Å². The van der Waals surface area contributed by atoms with Crippen LogP contribution in [0.4, 0.5) is 0 Å². The van der Waals surface area contributed by atoms with Crippen LogP contribution in [0, 0.1) is 5.41 Å². The second kappa shape index (κ2) is 6.44. The molecule has 2 aromatic rings. The number of carbonyl (C=O) groups is 1. The fourth-order valence-electron chi connectivity index (χ4n) is 2.36. The number of nitrogens with zero attached hydrogens (tertiary/aromatic N) is 1. The standard InChI is InChI=1S/C18H24N2O3/c1-6-13-7-8-14(23-13)16(18(2,3)4)19-17(22)12-9-10-20(5)15(21)11-12/h7-11,16H,6H2,1-5H3,(H,19,22)/t16-/m1/s1. The molecule has 0 spiro atoms. The van der Waals surface area contributed by atoms with Gasteiger partial charge in [0.2, 0.25) is 0 Å². The topological polar surface area (TPSA) is 64.2 Å². The van der Waals surface area contributed by atoms with Gasteiger partial charge < -0.3 is 14.3 Å². The van der Waals surface area contributed by atoms with E-state index in [9.17, 15) is 9.59 Å². The number of hydrogen-bond acceptors (Lipinski definition) is 3. The molecule has 0 aliphatic heterocycles. The molecule has 0 saturated carbocycles. The Hall–Kier alpha value is -2.30. The van der Waals surface area contributed by atoms with E-state index >= 15 is 0 Å². The molecule has 0 aromatic carbocycles. The average molecular weight is 316 g/mol. The molecular weight excluding hydrogens is 292 g/mol. The summed E-state index contributed by atoms with van der Waals surface area (Å²) in [4.78, 5) is 24.2. The van der Waals surface area contributed by atoms with Gasteiger partial charge in [-0.2, -0.15) is 0 Å². The Morgan fingerprint density at radius 3 is 2.52 bits per heavy atom. The Labute approximate surface area is 136 Å². The second-order valence-corrected chi connectivity index (χ2v) is 6.79. The molecule has 0 saturated heterocycles. The van der Waals surface area contributed by atoms with E-state index in [1.54, 1.807) is 19.3 Å². The number of rotatable bonds is 4. The van der Waals surface area contributed by atoms with Crippen molar-refractivity contribution >= 4 is 5.91 Å². The van der Waals surface area contributed by atoms with Gasteiger partial charge in [-0.05, 0) is 23.6 Å². The van der Waals surface area contributed by atoms with Crippen molar-refractivity contribution in [2.45, 2.75) is 40.2 Å². The number of aromatic nitrogens is 1. The quantitative estimate of drug-likeness (QED) is 0.943. The summed E-state index contributed by atoms with van der Waals surface area (Å²) in [5.41, 5.74) is -0.0843. The van der Waals surface area contributed by atoms with Crippen LogP contribution in [-0.4, -0.2) is 10.5 Å². The van der Waals surface area contributed by atoms with Crippen LogP contribution in [0.25, 0.3) is 0 Å². The van der Waals surface area contributed by atoms with Crippen LogP contribution in [0.15, 0.2) is 39.7 Å². The van der Waals surface area contributed by atoms with Crippen LogP contribution in [-0.2, 0) is 13.5 Å². The predicted octanol–water partition coefficient (Wildman–Crippen LogP) is 3.06. The third kappa shape index (κ3) is 3.92. The lowest BCUT2D eigenvalue weighted by molar-refractivity contribution is 0.0888. The monoisotopic (exact) mass is 316 g/mol. The maximum absolute atomic E-state index is 12.5. The third-order valence-corrected chi connectivity index (χ3v) is 3.82. The van der Waals surface area contributed by atoms with Crippen molar-refractivity contribution in [2.24, 2.45) is 12.5 Å². The van der Waals surface area contributed by atoms with Crippen LogP contribution in [0.1, 0.15) is 55.6 Å². The van der Waals surface area contributed by atoms with E-state index in [0.717, 1.165) is 17.9 Å². The van der Waals surface area contributed by atoms with E-state index in [2.05, 4.69) is 5.32 Å². The number of carbonyl (C=O) groups excluding carboxylic acids is 1. The number of furan rings is 1. The third-order valence-electron chi connectivity index (χ3n) is 3.82. The zero-order valence-corrected chi connectivity index (χ0v) is 14.3. The average Bonchev–Trinajstić information content (AvgIpc) is 2.94. The Morgan fingerprint density at radius 1 is 1.30 bits per heavy atom. The van der Waals surface area contributed by atoms with Crippen molar-refractivity contribution in [1.82, 2.24) is 9.88 Å². The van der Waals surface area contributed by atoms with Gasteiger partial charge in [-0.1, -0.05) is 27.7 Å². The van der Waals surface area contributed by atoms with Gasteiger partial charge >= 0.3 is 0 Å². The summed E-state index contributed by atoms with van der Waals surface area (Å²) >= 11 is 0. The minimum absolute atomic E-state index is 0.212. The molecule has 2 aromatic heterocycles. The molecule has 124 valence electrons. The number of hydrogen-bond donors (Lipinski definition) is 1. The summed E-state index contributed by atoms with van der Waals surface area (Å²) in [7, 11) is 1.65. The minimum Gasteiger partial charge on any atom is -0.464 e. The lowest BCUT2D eigenvalue weighted by atomic mass is 9.85. The van der Waals surface area contributed by atoms with Crippen molar-refractivity contribution in [3.8, 4) is 0 Å². The molecule has 0 unspecified atom stereocenters. The van der Waals surface area contributed by atoms with Gasteiger partial charge in [0.25, 0.3) is 11.5 Å². The summed E-state index contributed by atoms with van der Waals surface area (Å²) in [6.45, 7) is 8.13. The highest BCUT2D eigenvalue weighted by atomic mass is 16.3. The minimum atomic E-state index is -0.280. The van der Waals surface area contributed by atoms with Gasteiger partial charge in [-0.3, -0.25) is 9.59 Å². The molecule has 2 rings (SSSR count). The molecule has 0 bridgehead atoms. The maximum atomic E-state index is 12.5. The van der Waals surface area contributed by atoms with E-state index in [-0.39, 0.29) is 22.9 Å². The maximum Gasteiger partial charge on any atom is 0.252 e. The molecule has 0 aliphatic carbocycles. The van der Waals surface area contributed by atoms with E-state index in [1.807, 2.05) is 39.8 Å². The molecule has 0 radical (unpaired) electrons. The molecule has 0 fully saturated rings.